The van der Waals surface area contributed by atoms with Crippen LogP contribution in [0, 0.1) is 0 Å². The van der Waals surface area contributed by atoms with Gasteiger partial charge in [-0.15, -0.1) is 11.3 Å². The number of rotatable bonds is 2. The fourth-order valence-electron chi connectivity index (χ4n) is 1.82. The molecule has 0 radical (unpaired) electrons. The van der Waals surface area contributed by atoms with Crippen molar-refractivity contribution in [2.24, 2.45) is 5.73 Å². The number of nitrogens with one attached hydrogen (secondary N) is 1. The molecule has 2 unspecified atom stereocenters. The molecule has 1 aliphatic carbocycles. The van der Waals surface area contributed by atoms with E-state index in [1.807, 2.05) is 17.5 Å². The van der Waals surface area contributed by atoms with Crippen molar-refractivity contribution in [1.29, 1.82) is 0 Å². The second-order valence-corrected chi connectivity index (χ2v) is 4.60. The van der Waals surface area contributed by atoms with E-state index in [0.29, 0.717) is 0 Å². The first kappa shape index (κ1) is 9.68. The van der Waals surface area contributed by atoms with Crippen LogP contribution >= 0.6 is 11.3 Å². The van der Waals surface area contributed by atoms with Gasteiger partial charge in [-0.25, -0.2) is 0 Å². The summed E-state index contributed by atoms with van der Waals surface area (Å²) in [4.78, 5) is 12.4. The lowest BCUT2D eigenvalue weighted by Crippen LogP contribution is -2.43. The highest BCUT2D eigenvalue weighted by atomic mass is 32.1. The lowest BCUT2D eigenvalue weighted by atomic mass is 10.2. The van der Waals surface area contributed by atoms with Gasteiger partial charge in [-0.05, 0) is 30.7 Å². The quantitative estimate of drug-likeness (QED) is 0.774. The number of hydrogen-bond donors (Lipinski definition) is 2. The highest BCUT2D eigenvalue weighted by Gasteiger charge is 2.25. The molecular weight excluding hydrogens is 196 g/mol. The van der Waals surface area contributed by atoms with Crippen LogP contribution in [0.2, 0.25) is 0 Å². The maximum atomic E-state index is 11.7. The molecule has 1 aromatic rings. The first-order valence-corrected chi connectivity index (χ1v) is 5.75. The number of thiophene rings is 1. The standard InChI is InChI=1S/C10H14N2OS/c11-7-3-1-4-8(7)12-10(13)9-5-2-6-14-9/h2,5-8H,1,3-4,11H2,(H,12,13). The van der Waals surface area contributed by atoms with Gasteiger partial charge in [0, 0.05) is 12.1 Å². The molecule has 76 valence electrons. The molecule has 0 spiro atoms. The molecule has 2 rings (SSSR count). The average molecular weight is 210 g/mol. The zero-order chi connectivity index (χ0) is 9.97. The second kappa shape index (κ2) is 4.11. The SMILES string of the molecule is NC1CCCC1NC(=O)c1cccs1. The van der Waals surface area contributed by atoms with Crippen LogP contribution in [0.4, 0.5) is 0 Å². The molecule has 0 aromatic carbocycles. The Labute approximate surface area is 87.3 Å². The monoisotopic (exact) mass is 210 g/mol. The minimum Gasteiger partial charge on any atom is -0.347 e. The molecule has 1 fully saturated rings. The molecule has 2 atom stereocenters. The zero-order valence-electron chi connectivity index (χ0n) is 7.90. The maximum absolute atomic E-state index is 11.7. The third-order valence-corrected chi connectivity index (χ3v) is 3.50. The third-order valence-electron chi connectivity index (χ3n) is 2.63. The number of hydrogen-bond acceptors (Lipinski definition) is 3. The minimum atomic E-state index is 0.0161. The summed E-state index contributed by atoms with van der Waals surface area (Å²) in [5.74, 6) is 0.0161. The van der Waals surface area contributed by atoms with Crippen LogP contribution in [0.3, 0.4) is 0 Å². The summed E-state index contributed by atoms with van der Waals surface area (Å²) in [6.45, 7) is 0. The summed E-state index contributed by atoms with van der Waals surface area (Å²) in [5, 5.41) is 4.88. The number of carbonyl (C=O) groups excluding carboxylic acids is 1. The summed E-state index contributed by atoms with van der Waals surface area (Å²) in [6, 6.07) is 4.03. The molecule has 3 nitrogen and oxygen atoms in total. The summed E-state index contributed by atoms with van der Waals surface area (Å²) < 4.78 is 0. The Morgan fingerprint density at radius 2 is 2.43 bits per heavy atom. The molecule has 4 heteroatoms. The molecule has 1 heterocycles. The Kier molecular flexibility index (Phi) is 2.84. The van der Waals surface area contributed by atoms with Crippen LogP contribution in [0.1, 0.15) is 28.9 Å². The van der Waals surface area contributed by atoms with Gasteiger partial charge in [0.1, 0.15) is 0 Å². The third kappa shape index (κ3) is 1.96. The predicted molar refractivity (Wildman–Crippen MR) is 57.4 cm³/mol. The van der Waals surface area contributed by atoms with Crippen LogP contribution in [0.5, 0.6) is 0 Å². The summed E-state index contributed by atoms with van der Waals surface area (Å²) in [7, 11) is 0. The van der Waals surface area contributed by atoms with Crippen LogP contribution < -0.4 is 11.1 Å². The van der Waals surface area contributed by atoms with Gasteiger partial charge in [0.05, 0.1) is 4.88 Å². The molecule has 1 saturated carbocycles. The van der Waals surface area contributed by atoms with Gasteiger partial charge in [0.25, 0.3) is 5.91 Å². The predicted octanol–water partition coefficient (Wildman–Crippen LogP) is 1.36. The molecule has 1 aromatic heterocycles. The fraction of sp³-hybridized carbons (Fsp3) is 0.500. The van der Waals surface area contributed by atoms with Crippen LogP contribution in [0.25, 0.3) is 0 Å². The Bertz CT molecular complexity index is 310. The summed E-state index contributed by atoms with van der Waals surface area (Å²) in [6.07, 6.45) is 3.16. The van der Waals surface area contributed by atoms with Crippen LogP contribution in [0.15, 0.2) is 17.5 Å². The normalized spacial score (nSPS) is 26.4. The van der Waals surface area contributed by atoms with E-state index in [1.54, 1.807) is 0 Å². The van der Waals surface area contributed by atoms with E-state index in [0.717, 1.165) is 24.1 Å². The smallest absolute Gasteiger partial charge is 0.261 e. The number of nitrogens with two attached hydrogens (primary N) is 1. The molecule has 0 aliphatic heterocycles. The number of amides is 1. The topological polar surface area (TPSA) is 55.1 Å². The van der Waals surface area contributed by atoms with E-state index >= 15 is 0 Å². The van der Waals surface area contributed by atoms with Gasteiger partial charge in [-0.3, -0.25) is 4.79 Å². The fourth-order valence-corrected chi connectivity index (χ4v) is 2.44. The molecule has 0 saturated heterocycles. The van der Waals surface area contributed by atoms with Crippen molar-refractivity contribution < 1.29 is 4.79 Å². The first-order valence-electron chi connectivity index (χ1n) is 4.87. The lowest BCUT2D eigenvalue weighted by Gasteiger charge is -2.16. The molecule has 1 amide bonds. The van der Waals surface area contributed by atoms with E-state index in [-0.39, 0.29) is 18.0 Å². The molecule has 1 aliphatic rings. The van der Waals surface area contributed by atoms with E-state index in [2.05, 4.69) is 5.32 Å². The molecule has 3 N–H and O–H groups in total. The van der Waals surface area contributed by atoms with Crippen molar-refractivity contribution in [2.45, 2.75) is 31.3 Å². The van der Waals surface area contributed by atoms with Gasteiger partial charge in [0.15, 0.2) is 0 Å². The summed E-state index contributed by atoms with van der Waals surface area (Å²) in [5.41, 5.74) is 5.87. The van der Waals surface area contributed by atoms with Gasteiger partial charge in [-0.2, -0.15) is 0 Å². The lowest BCUT2D eigenvalue weighted by molar-refractivity contribution is 0.0938. The van der Waals surface area contributed by atoms with E-state index in [1.165, 1.54) is 11.3 Å². The van der Waals surface area contributed by atoms with E-state index in [4.69, 9.17) is 5.73 Å². The molecule has 14 heavy (non-hydrogen) atoms. The number of carbonyl (C=O) groups is 1. The highest BCUT2D eigenvalue weighted by Crippen LogP contribution is 2.18. The van der Waals surface area contributed by atoms with Gasteiger partial charge < -0.3 is 11.1 Å². The molecule has 0 bridgehead atoms. The Hall–Kier alpha value is -0.870. The van der Waals surface area contributed by atoms with Crippen molar-refractivity contribution in [2.75, 3.05) is 0 Å². The first-order chi connectivity index (χ1) is 6.77. The average Bonchev–Trinajstić information content (AvgIpc) is 2.77. The second-order valence-electron chi connectivity index (χ2n) is 3.65. The van der Waals surface area contributed by atoms with Crippen molar-refractivity contribution in [3.63, 3.8) is 0 Å². The van der Waals surface area contributed by atoms with Gasteiger partial charge >= 0.3 is 0 Å². The Morgan fingerprint density at radius 1 is 1.57 bits per heavy atom. The molecular formula is C10H14N2OS. The highest BCUT2D eigenvalue weighted by molar-refractivity contribution is 7.12. The maximum Gasteiger partial charge on any atom is 0.261 e. The van der Waals surface area contributed by atoms with E-state index < -0.39 is 0 Å². The van der Waals surface area contributed by atoms with Crippen molar-refractivity contribution in [3.05, 3.63) is 22.4 Å². The van der Waals surface area contributed by atoms with Crippen molar-refractivity contribution in [1.82, 2.24) is 5.32 Å². The van der Waals surface area contributed by atoms with Crippen molar-refractivity contribution >= 4 is 17.2 Å². The van der Waals surface area contributed by atoms with Crippen LogP contribution in [-0.2, 0) is 0 Å². The van der Waals surface area contributed by atoms with Crippen molar-refractivity contribution in [3.8, 4) is 0 Å². The minimum absolute atomic E-state index is 0.0161. The Balaban J connectivity index is 1.95. The summed E-state index contributed by atoms with van der Waals surface area (Å²) >= 11 is 1.46. The zero-order valence-corrected chi connectivity index (χ0v) is 8.72. The van der Waals surface area contributed by atoms with Gasteiger partial charge in [0.2, 0.25) is 0 Å². The Morgan fingerprint density at radius 3 is 3.00 bits per heavy atom. The largest absolute Gasteiger partial charge is 0.347 e. The van der Waals surface area contributed by atoms with Crippen LogP contribution in [-0.4, -0.2) is 18.0 Å². The van der Waals surface area contributed by atoms with Gasteiger partial charge in [-0.1, -0.05) is 6.07 Å². The van der Waals surface area contributed by atoms with E-state index in [9.17, 15) is 4.79 Å².